The highest BCUT2D eigenvalue weighted by Gasteiger charge is 2.35. The molecule has 156 valence electrons. The number of amides is 2. The molecule has 0 unspecified atom stereocenters. The molecule has 1 saturated heterocycles. The number of ether oxygens (including phenoxy) is 2. The Labute approximate surface area is 168 Å². The standard InChI is InChI=1S/C19H25N5O5/c1-20-18(26)16-11-24(22-21-16)13-19(27)7-9-23(10-8-19)17(25)12-29-15-5-3-14(28-2)4-6-15/h3-6,11,27H,7-10,12-13H2,1-2H3,(H,20,26). The van der Waals surface area contributed by atoms with Crippen LogP contribution in [-0.4, -0.2) is 76.3 Å². The molecule has 10 nitrogen and oxygen atoms in total. The van der Waals surface area contributed by atoms with Crippen molar-refractivity contribution < 1.29 is 24.2 Å². The van der Waals surface area contributed by atoms with Crippen molar-refractivity contribution in [1.82, 2.24) is 25.2 Å². The SMILES string of the molecule is CNC(=O)c1cn(CC2(O)CCN(C(=O)COc3ccc(OC)cc3)CC2)nn1. The number of nitrogens with zero attached hydrogens (tertiary/aromatic N) is 4. The van der Waals surface area contributed by atoms with Crippen molar-refractivity contribution in [2.24, 2.45) is 0 Å². The summed E-state index contributed by atoms with van der Waals surface area (Å²) in [5.74, 6) is 0.839. The van der Waals surface area contributed by atoms with Crippen molar-refractivity contribution in [2.45, 2.75) is 25.0 Å². The number of hydrogen-bond acceptors (Lipinski definition) is 7. The topological polar surface area (TPSA) is 119 Å². The molecule has 1 aliphatic rings. The van der Waals surface area contributed by atoms with Gasteiger partial charge in [0.05, 0.1) is 25.5 Å². The van der Waals surface area contributed by atoms with Gasteiger partial charge in [0.15, 0.2) is 12.3 Å². The van der Waals surface area contributed by atoms with Gasteiger partial charge in [0.1, 0.15) is 11.5 Å². The molecule has 1 aliphatic heterocycles. The molecule has 10 heteroatoms. The lowest BCUT2D eigenvalue weighted by atomic mass is 9.91. The molecule has 1 aromatic heterocycles. The molecule has 0 atom stereocenters. The van der Waals surface area contributed by atoms with E-state index in [0.717, 1.165) is 0 Å². The highest BCUT2D eigenvalue weighted by atomic mass is 16.5. The summed E-state index contributed by atoms with van der Waals surface area (Å²) in [5.41, 5.74) is -0.819. The maximum Gasteiger partial charge on any atom is 0.273 e. The van der Waals surface area contributed by atoms with Gasteiger partial charge in [-0.2, -0.15) is 0 Å². The third-order valence-electron chi connectivity index (χ3n) is 4.92. The van der Waals surface area contributed by atoms with Crippen LogP contribution in [-0.2, 0) is 11.3 Å². The van der Waals surface area contributed by atoms with Crippen LogP contribution in [0, 0.1) is 0 Å². The van der Waals surface area contributed by atoms with E-state index >= 15 is 0 Å². The van der Waals surface area contributed by atoms with Crippen LogP contribution in [0.15, 0.2) is 30.5 Å². The van der Waals surface area contributed by atoms with Crippen LogP contribution >= 0.6 is 0 Å². The Morgan fingerprint density at radius 3 is 2.48 bits per heavy atom. The van der Waals surface area contributed by atoms with Gasteiger partial charge in [-0.25, -0.2) is 4.68 Å². The number of aliphatic hydroxyl groups is 1. The molecule has 0 aliphatic carbocycles. The van der Waals surface area contributed by atoms with Crippen LogP contribution in [0.3, 0.4) is 0 Å². The van der Waals surface area contributed by atoms with Gasteiger partial charge in [0.2, 0.25) is 0 Å². The Morgan fingerprint density at radius 1 is 1.21 bits per heavy atom. The summed E-state index contributed by atoms with van der Waals surface area (Å²) in [6, 6.07) is 7.01. The van der Waals surface area contributed by atoms with Crippen molar-refractivity contribution >= 4 is 11.8 Å². The maximum atomic E-state index is 12.4. The van der Waals surface area contributed by atoms with Crippen LogP contribution in [0.25, 0.3) is 0 Å². The van der Waals surface area contributed by atoms with Crippen molar-refractivity contribution in [3.8, 4) is 11.5 Å². The lowest BCUT2D eigenvalue weighted by molar-refractivity contribution is -0.138. The zero-order chi connectivity index (χ0) is 20.9. The maximum absolute atomic E-state index is 12.4. The summed E-state index contributed by atoms with van der Waals surface area (Å²) < 4.78 is 12.1. The summed E-state index contributed by atoms with van der Waals surface area (Å²) >= 11 is 0. The molecule has 29 heavy (non-hydrogen) atoms. The molecular weight excluding hydrogens is 378 g/mol. The highest BCUT2D eigenvalue weighted by molar-refractivity contribution is 5.91. The molecular formula is C19H25N5O5. The van der Waals surface area contributed by atoms with Crippen LogP contribution in [0.4, 0.5) is 0 Å². The average molecular weight is 403 g/mol. The number of nitrogens with one attached hydrogen (secondary N) is 1. The van der Waals surface area contributed by atoms with Crippen LogP contribution in [0.1, 0.15) is 23.3 Å². The number of carbonyl (C=O) groups excluding carboxylic acids is 2. The molecule has 1 aromatic carbocycles. The van der Waals surface area contributed by atoms with Crippen molar-refractivity contribution in [3.05, 3.63) is 36.2 Å². The van der Waals surface area contributed by atoms with Crippen molar-refractivity contribution in [1.29, 1.82) is 0 Å². The Hall–Kier alpha value is -3.14. The highest BCUT2D eigenvalue weighted by Crippen LogP contribution is 2.24. The number of likely N-dealkylation sites (tertiary alicyclic amines) is 1. The number of aromatic nitrogens is 3. The van der Waals surface area contributed by atoms with Crippen molar-refractivity contribution in [3.63, 3.8) is 0 Å². The number of methoxy groups -OCH3 is 1. The first-order valence-electron chi connectivity index (χ1n) is 9.32. The first-order chi connectivity index (χ1) is 13.9. The Morgan fingerprint density at radius 2 is 1.86 bits per heavy atom. The predicted octanol–water partition coefficient (Wildman–Crippen LogP) is 0.0788. The van der Waals surface area contributed by atoms with Crippen LogP contribution < -0.4 is 14.8 Å². The van der Waals surface area contributed by atoms with E-state index in [1.807, 2.05) is 0 Å². The zero-order valence-corrected chi connectivity index (χ0v) is 16.5. The molecule has 2 N–H and O–H groups in total. The van der Waals surface area contributed by atoms with Crippen LogP contribution in [0.2, 0.25) is 0 Å². The van der Waals surface area contributed by atoms with E-state index in [9.17, 15) is 14.7 Å². The third-order valence-corrected chi connectivity index (χ3v) is 4.92. The van der Waals surface area contributed by atoms with Gasteiger partial charge in [0, 0.05) is 20.1 Å². The van der Waals surface area contributed by atoms with Gasteiger partial charge in [-0.05, 0) is 37.1 Å². The molecule has 2 amide bonds. The molecule has 1 fully saturated rings. The van der Waals surface area contributed by atoms with Gasteiger partial charge >= 0.3 is 0 Å². The fourth-order valence-electron chi connectivity index (χ4n) is 3.15. The predicted molar refractivity (Wildman–Crippen MR) is 103 cm³/mol. The summed E-state index contributed by atoms with van der Waals surface area (Å²) in [6.07, 6.45) is 2.30. The monoisotopic (exact) mass is 403 g/mol. The fourth-order valence-corrected chi connectivity index (χ4v) is 3.15. The van der Waals surface area contributed by atoms with Crippen molar-refractivity contribution in [2.75, 3.05) is 33.9 Å². The molecule has 0 saturated carbocycles. The number of hydrogen-bond donors (Lipinski definition) is 2. The summed E-state index contributed by atoms with van der Waals surface area (Å²) in [6.45, 7) is 0.974. The minimum Gasteiger partial charge on any atom is -0.497 e. The normalized spacial score (nSPS) is 15.6. The largest absolute Gasteiger partial charge is 0.497 e. The van der Waals surface area contributed by atoms with E-state index in [1.54, 1.807) is 36.3 Å². The second-order valence-electron chi connectivity index (χ2n) is 6.95. The van der Waals surface area contributed by atoms with Gasteiger partial charge in [0.25, 0.3) is 11.8 Å². The van der Waals surface area contributed by atoms with Gasteiger partial charge < -0.3 is 24.8 Å². The zero-order valence-electron chi connectivity index (χ0n) is 16.5. The first kappa shape index (κ1) is 20.6. The van der Waals surface area contributed by atoms with Gasteiger partial charge in [-0.15, -0.1) is 5.10 Å². The summed E-state index contributed by atoms with van der Waals surface area (Å²) in [7, 11) is 3.10. The second kappa shape index (κ2) is 8.91. The lowest BCUT2D eigenvalue weighted by Crippen LogP contribution is -2.49. The minimum atomic E-state index is -1.01. The molecule has 0 spiro atoms. The number of benzene rings is 1. The second-order valence-corrected chi connectivity index (χ2v) is 6.95. The average Bonchev–Trinajstić information content (AvgIpc) is 3.20. The molecule has 2 aromatic rings. The number of rotatable bonds is 7. The number of carbonyl (C=O) groups is 2. The number of piperidine rings is 1. The van der Waals surface area contributed by atoms with Crippen LogP contribution in [0.5, 0.6) is 11.5 Å². The van der Waals surface area contributed by atoms with E-state index in [1.165, 1.54) is 17.9 Å². The Kier molecular flexibility index (Phi) is 6.32. The van der Waals surface area contributed by atoms with E-state index in [4.69, 9.17) is 9.47 Å². The molecule has 2 heterocycles. The molecule has 3 rings (SSSR count). The molecule has 0 radical (unpaired) electrons. The Bertz CT molecular complexity index is 843. The van der Waals surface area contributed by atoms with Gasteiger partial charge in [-0.1, -0.05) is 5.21 Å². The van der Waals surface area contributed by atoms with E-state index in [0.29, 0.717) is 37.4 Å². The van der Waals surface area contributed by atoms with E-state index < -0.39 is 5.60 Å². The van der Waals surface area contributed by atoms with Gasteiger partial charge in [-0.3, -0.25) is 9.59 Å². The first-order valence-corrected chi connectivity index (χ1v) is 9.32. The van der Waals surface area contributed by atoms with E-state index in [-0.39, 0.29) is 30.7 Å². The minimum absolute atomic E-state index is 0.0661. The lowest BCUT2D eigenvalue weighted by Gasteiger charge is -2.37. The fraction of sp³-hybridized carbons (Fsp3) is 0.474. The smallest absolute Gasteiger partial charge is 0.273 e. The quantitative estimate of drug-likeness (QED) is 0.672. The summed E-state index contributed by atoms with van der Waals surface area (Å²) in [4.78, 5) is 25.6. The Balaban J connectivity index is 1.47. The molecule has 0 bridgehead atoms. The third kappa shape index (κ3) is 5.23. The van der Waals surface area contributed by atoms with E-state index in [2.05, 4.69) is 15.6 Å². The summed E-state index contributed by atoms with van der Waals surface area (Å²) in [5, 5.41) is 21.0.